The smallest absolute Gasteiger partial charge is 0.320 e. The van der Waals surface area contributed by atoms with Crippen molar-refractivity contribution in [2.75, 3.05) is 11.9 Å². The van der Waals surface area contributed by atoms with E-state index in [2.05, 4.69) is 15.5 Å². The maximum atomic E-state index is 12.8. The first-order valence-corrected chi connectivity index (χ1v) is 6.97. The van der Waals surface area contributed by atoms with E-state index in [1.807, 2.05) is 0 Å². The average Bonchev–Trinajstić information content (AvgIpc) is 2.89. The van der Waals surface area contributed by atoms with Crippen LogP contribution in [0.25, 0.3) is 0 Å². The normalized spacial score (nSPS) is 13.9. The quantitative estimate of drug-likeness (QED) is 0.895. The van der Waals surface area contributed by atoms with Crippen LogP contribution in [-0.4, -0.2) is 27.7 Å². The number of fused-ring (bicyclic) bond motifs is 1. The van der Waals surface area contributed by atoms with Crippen molar-refractivity contribution in [1.29, 1.82) is 0 Å². The highest BCUT2D eigenvalue weighted by Crippen LogP contribution is 2.22. The number of anilines is 1. The third kappa shape index (κ3) is 2.85. The van der Waals surface area contributed by atoms with Crippen LogP contribution >= 0.6 is 11.6 Å². The zero-order chi connectivity index (χ0) is 14.8. The molecule has 0 aliphatic carbocycles. The number of nitrogens with zero attached hydrogens (tertiary/aromatic N) is 2. The first kappa shape index (κ1) is 13.9. The number of carbonyl (C=O) groups is 1. The van der Waals surface area contributed by atoms with Crippen LogP contribution in [0.15, 0.2) is 24.3 Å². The second-order valence-corrected chi connectivity index (χ2v) is 5.31. The van der Waals surface area contributed by atoms with Crippen LogP contribution in [0.2, 0.25) is 5.02 Å². The zero-order valence-corrected chi connectivity index (χ0v) is 12.0. The van der Waals surface area contributed by atoms with Crippen molar-refractivity contribution in [3.8, 4) is 0 Å². The van der Waals surface area contributed by atoms with Gasteiger partial charge in [-0.05, 0) is 18.2 Å². The number of hydrogen-bond donors (Lipinski definition) is 2. The van der Waals surface area contributed by atoms with Gasteiger partial charge >= 0.3 is 6.03 Å². The van der Waals surface area contributed by atoms with Crippen molar-refractivity contribution in [1.82, 2.24) is 15.1 Å². The van der Waals surface area contributed by atoms with Crippen LogP contribution in [0.5, 0.6) is 0 Å². The first-order valence-electron chi connectivity index (χ1n) is 6.60. The lowest BCUT2D eigenvalue weighted by Gasteiger charge is -2.27. The van der Waals surface area contributed by atoms with E-state index in [0.29, 0.717) is 35.9 Å². The maximum Gasteiger partial charge on any atom is 0.322 e. The molecule has 110 valence electrons. The number of hydrogen-bond acceptors (Lipinski definition) is 2. The van der Waals surface area contributed by atoms with E-state index in [1.54, 1.807) is 29.2 Å². The van der Waals surface area contributed by atoms with Crippen LogP contribution < -0.4 is 5.32 Å². The minimum absolute atomic E-state index is 0.228. The molecule has 2 heterocycles. The summed E-state index contributed by atoms with van der Waals surface area (Å²) in [5, 5.41) is 10.1. The molecule has 2 aromatic rings. The van der Waals surface area contributed by atoms with Gasteiger partial charge in [-0.3, -0.25) is 5.10 Å². The van der Waals surface area contributed by atoms with Crippen LogP contribution in [0, 0.1) is 0 Å². The molecule has 2 N–H and O–H groups in total. The van der Waals surface area contributed by atoms with E-state index >= 15 is 0 Å². The monoisotopic (exact) mass is 308 g/mol. The predicted octanol–water partition coefficient (Wildman–Crippen LogP) is 3.12. The summed E-state index contributed by atoms with van der Waals surface area (Å²) in [6, 6.07) is 6.73. The van der Waals surface area contributed by atoms with Gasteiger partial charge in [-0.25, -0.2) is 9.18 Å². The van der Waals surface area contributed by atoms with Gasteiger partial charge in [0.05, 0.1) is 12.2 Å². The summed E-state index contributed by atoms with van der Waals surface area (Å²) < 4.78 is 12.8. The summed E-state index contributed by atoms with van der Waals surface area (Å²) in [5.41, 5.74) is 2.71. The molecule has 5 nitrogen and oxygen atoms in total. The van der Waals surface area contributed by atoms with Gasteiger partial charge in [0.2, 0.25) is 0 Å². The highest BCUT2D eigenvalue weighted by Gasteiger charge is 2.25. The second-order valence-electron chi connectivity index (χ2n) is 4.87. The molecule has 3 rings (SSSR count). The van der Waals surface area contributed by atoms with Crippen LogP contribution in [-0.2, 0) is 19.6 Å². The van der Waals surface area contributed by atoms with Gasteiger partial charge in [-0.1, -0.05) is 17.7 Å². The van der Waals surface area contributed by atoms with Gasteiger partial charge in [0.15, 0.2) is 0 Å². The Balaban J connectivity index is 1.72. The molecular weight excluding hydrogens is 295 g/mol. The summed E-state index contributed by atoms with van der Waals surface area (Å²) in [6.45, 7) is 0.292. The van der Waals surface area contributed by atoms with E-state index in [9.17, 15) is 9.18 Å². The molecule has 1 aliphatic rings. The van der Waals surface area contributed by atoms with Gasteiger partial charge in [0, 0.05) is 34.9 Å². The minimum atomic E-state index is -0.629. The number of carbonyl (C=O) groups excluding carboxylic acids is 1. The molecular formula is C14H14ClFN4O. The Kier molecular flexibility index (Phi) is 3.79. The molecule has 0 fully saturated rings. The van der Waals surface area contributed by atoms with E-state index in [-0.39, 0.29) is 6.03 Å². The second kappa shape index (κ2) is 5.73. The molecule has 0 unspecified atom stereocenters. The fourth-order valence-electron chi connectivity index (χ4n) is 2.41. The summed E-state index contributed by atoms with van der Waals surface area (Å²) in [5.74, 6) is 0. The van der Waals surface area contributed by atoms with Crippen LogP contribution in [0.3, 0.4) is 0 Å². The first-order chi connectivity index (χ1) is 10.2. The molecule has 2 amide bonds. The van der Waals surface area contributed by atoms with Gasteiger partial charge in [0.25, 0.3) is 0 Å². The van der Waals surface area contributed by atoms with Crippen LogP contribution in [0.1, 0.15) is 17.0 Å². The molecule has 0 saturated carbocycles. The number of H-pyrrole nitrogens is 1. The Morgan fingerprint density at radius 1 is 1.52 bits per heavy atom. The van der Waals surface area contributed by atoms with Crippen molar-refractivity contribution in [3.05, 3.63) is 46.2 Å². The number of aromatic nitrogens is 2. The largest absolute Gasteiger partial charge is 0.322 e. The summed E-state index contributed by atoms with van der Waals surface area (Å²) in [7, 11) is 0. The number of nitrogens with one attached hydrogen (secondary N) is 2. The number of halogens is 2. The van der Waals surface area contributed by atoms with Crippen molar-refractivity contribution in [2.24, 2.45) is 0 Å². The zero-order valence-electron chi connectivity index (χ0n) is 11.2. The average molecular weight is 309 g/mol. The molecule has 0 atom stereocenters. The molecule has 0 radical (unpaired) electrons. The summed E-state index contributed by atoms with van der Waals surface area (Å²) >= 11 is 5.89. The van der Waals surface area contributed by atoms with E-state index in [4.69, 9.17) is 11.6 Å². The van der Waals surface area contributed by atoms with Crippen molar-refractivity contribution in [2.45, 2.75) is 19.6 Å². The van der Waals surface area contributed by atoms with Gasteiger partial charge in [-0.15, -0.1) is 0 Å². The van der Waals surface area contributed by atoms with E-state index in [1.165, 1.54) is 0 Å². The lowest BCUT2D eigenvalue weighted by molar-refractivity contribution is 0.206. The van der Waals surface area contributed by atoms with Gasteiger partial charge in [-0.2, -0.15) is 5.10 Å². The molecule has 1 aromatic carbocycles. The van der Waals surface area contributed by atoms with Crippen molar-refractivity contribution >= 4 is 23.3 Å². The SMILES string of the molecule is O=C(Nc1cccc(Cl)c1)N1CCc2[nH]nc(CF)c2C1. The number of rotatable bonds is 2. The van der Waals surface area contributed by atoms with E-state index < -0.39 is 6.67 Å². The maximum absolute atomic E-state index is 12.8. The Hall–Kier alpha value is -2.08. The molecule has 21 heavy (non-hydrogen) atoms. The van der Waals surface area contributed by atoms with Crippen LogP contribution in [0.4, 0.5) is 14.9 Å². The third-order valence-corrected chi connectivity index (χ3v) is 3.74. The van der Waals surface area contributed by atoms with E-state index in [0.717, 1.165) is 11.3 Å². The topological polar surface area (TPSA) is 61.0 Å². The lowest BCUT2D eigenvalue weighted by Crippen LogP contribution is -2.39. The standard InChI is InChI=1S/C14H14ClFN4O/c15-9-2-1-3-10(6-9)17-14(21)20-5-4-12-11(8-20)13(7-16)19-18-12/h1-3,6H,4-5,7-8H2,(H,17,21)(H,18,19). The Morgan fingerprint density at radius 2 is 2.38 bits per heavy atom. The Bertz CT molecular complexity index is 659. The number of aromatic amines is 1. The minimum Gasteiger partial charge on any atom is -0.320 e. The molecule has 7 heteroatoms. The number of amides is 2. The fraction of sp³-hybridized carbons (Fsp3) is 0.286. The van der Waals surface area contributed by atoms with Crippen molar-refractivity contribution in [3.63, 3.8) is 0 Å². The summed E-state index contributed by atoms with van der Waals surface area (Å²) in [6.07, 6.45) is 0.644. The Morgan fingerprint density at radius 3 is 3.14 bits per heavy atom. The highest BCUT2D eigenvalue weighted by molar-refractivity contribution is 6.30. The number of urea groups is 1. The number of alkyl halides is 1. The third-order valence-electron chi connectivity index (χ3n) is 3.51. The van der Waals surface area contributed by atoms with Crippen molar-refractivity contribution < 1.29 is 9.18 Å². The van der Waals surface area contributed by atoms with Gasteiger partial charge in [0.1, 0.15) is 6.67 Å². The molecule has 0 spiro atoms. The fourth-order valence-corrected chi connectivity index (χ4v) is 2.60. The molecule has 1 aliphatic heterocycles. The number of benzene rings is 1. The molecule has 1 aromatic heterocycles. The summed E-state index contributed by atoms with van der Waals surface area (Å²) in [4.78, 5) is 13.9. The Labute approximate surface area is 126 Å². The molecule has 0 bridgehead atoms. The van der Waals surface area contributed by atoms with Gasteiger partial charge < -0.3 is 10.2 Å². The molecule has 0 saturated heterocycles. The highest BCUT2D eigenvalue weighted by atomic mass is 35.5. The predicted molar refractivity (Wildman–Crippen MR) is 78.0 cm³/mol. The lowest BCUT2D eigenvalue weighted by atomic mass is 10.1.